The lowest BCUT2D eigenvalue weighted by molar-refractivity contribution is 0.190. The number of halogens is 1. The third-order valence-corrected chi connectivity index (χ3v) is 4.80. The Morgan fingerprint density at radius 1 is 1.41 bits per heavy atom. The third-order valence-electron chi connectivity index (χ3n) is 2.85. The number of rotatable bonds is 2. The molecule has 0 bridgehead atoms. The molecule has 1 aromatic carbocycles. The van der Waals surface area contributed by atoms with Gasteiger partial charge in [0, 0.05) is 10.7 Å². The van der Waals surface area contributed by atoms with Crippen LogP contribution in [0.15, 0.2) is 18.2 Å². The second-order valence-electron chi connectivity index (χ2n) is 4.35. The highest BCUT2D eigenvalue weighted by Gasteiger charge is 2.36. The topological polar surface area (TPSA) is 66.4 Å². The Morgan fingerprint density at radius 3 is 2.65 bits per heavy atom. The summed E-state index contributed by atoms with van der Waals surface area (Å²) in [4.78, 5) is 0. The monoisotopic (exact) mass is 275 g/mol. The van der Waals surface area contributed by atoms with E-state index in [0.717, 1.165) is 11.3 Å². The molecule has 6 heteroatoms. The Bertz CT molecular complexity index is 530. The number of hydrogen-bond acceptors (Lipinski definition) is 4. The van der Waals surface area contributed by atoms with Crippen molar-refractivity contribution in [3.63, 3.8) is 0 Å². The van der Waals surface area contributed by atoms with Crippen molar-refractivity contribution in [2.75, 3.05) is 16.8 Å². The van der Waals surface area contributed by atoms with Gasteiger partial charge in [0.25, 0.3) is 0 Å². The van der Waals surface area contributed by atoms with Crippen LogP contribution in [0.2, 0.25) is 5.02 Å². The highest BCUT2D eigenvalue weighted by Crippen LogP contribution is 2.23. The summed E-state index contributed by atoms with van der Waals surface area (Å²) >= 11 is 5.83. The van der Waals surface area contributed by atoms with Crippen LogP contribution in [0.5, 0.6) is 0 Å². The smallest absolute Gasteiger partial charge is 0.155 e. The molecule has 0 aliphatic carbocycles. The molecule has 0 aromatic heterocycles. The van der Waals surface area contributed by atoms with Crippen LogP contribution in [0.25, 0.3) is 0 Å². The second kappa shape index (κ2) is 4.48. The van der Waals surface area contributed by atoms with Crippen LogP contribution in [-0.2, 0) is 9.84 Å². The Kier molecular flexibility index (Phi) is 3.34. The fraction of sp³-hybridized carbons (Fsp3) is 0.455. The number of anilines is 1. The van der Waals surface area contributed by atoms with E-state index in [1.807, 2.05) is 6.92 Å². The number of aliphatic hydroxyl groups is 1. The summed E-state index contributed by atoms with van der Waals surface area (Å²) in [6.45, 7) is 1.88. The van der Waals surface area contributed by atoms with Crippen LogP contribution in [0.4, 0.5) is 5.69 Å². The molecule has 1 aromatic rings. The zero-order chi connectivity index (χ0) is 12.6. The summed E-state index contributed by atoms with van der Waals surface area (Å²) in [5, 5.41) is 13.3. The molecule has 4 nitrogen and oxygen atoms in total. The quantitative estimate of drug-likeness (QED) is 0.852. The van der Waals surface area contributed by atoms with Gasteiger partial charge in [0.1, 0.15) is 0 Å². The number of sulfone groups is 1. The number of nitrogens with one attached hydrogen (secondary N) is 1. The molecule has 0 amide bonds. The molecule has 1 aliphatic rings. The Hall–Kier alpha value is -0.780. The minimum Gasteiger partial charge on any atom is -0.390 e. The second-order valence-corrected chi connectivity index (χ2v) is 6.94. The van der Waals surface area contributed by atoms with Gasteiger partial charge < -0.3 is 10.4 Å². The van der Waals surface area contributed by atoms with Crippen molar-refractivity contribution in [3.05, 3.63) is 28.8 Å². The largest absolute Gasteiger partial charge is 0.390 e. The summed E-state index contributed by atoms with van der Waals surface area (Å²) in [6.07, 6.45) is -0.852. The molecule has 2 unspecified atom stereocenters. The zero-order valence-corrected chi connectivity index (χ0v) is 10.9. The molecular weight excluding hydrogens is 262 g/mol. The van der Waals surface area contributed by atoms with Crippen molar-refractivity contribution in [1.29, 1.82) is 0 Å². The van der Waals surface area contributed by atoms with Crippen molar-refractivity contribution in [2.24, 2.45) is 0 Å². The summed E-state index contributed by atoms with van der Waals surface area (Å²) in [5.41, 5.74) is 1.73. The Morgan fingerprint density at radius 2 is 2.12 bits per heavy atom. The molecule has 2 N–H and O–H groups in total. The van der Waals surface area contributed by atoms with Gasteiger partial charge in [-0.25, -0.2) is 8.42 Å². The van der Waals surface area contributed by atoms with Crippen molar-refractivity contribution >= 4 is 27.1 Å². The molecule has 2 rings (SSSR count). The number of aliphatic hydroxyl groups excluding tert-OH is 1. The lowest BCUT2D eigenvalue weighted by Crippen LogP contribution is -2.32. The first kappa shape index (κ1) is 12.7. The predicted molar refractivity (Wildman–Crippen MR) is 68.3 cm³/mol. The van der Waals surface area contributed by atoms with Crippen LogP contribution in [-0.4, -0.2) is 37.2 Å². The van der Waals surface area contributed by atoms with Crippen molar-refractivity contribution in [1.82, 2.24) is 0 Å². The molecule has 0 saturated carbocycles. The van der Waals surface area contributed by atoms with Crippen molar-refractivity contribution in [2.45, 2.75) is 19.1 Å². The molecule has 0 spiro atoms. The minimum absolute atomic E-state index is 0.0315. The van der Waals surface area contributed by atoms with Crippen molar-refractivity contribution < 1.29 is 13.5 Å². The minimum atomic E-state index is -3.12. The number of benzene rings is 1. The van der Waals surface area contributed by atoms with Crippen LogP contribution in [0, 0.1) is 6.92 Å². The summed E-state index contributed by atoms with van der Waals surface area (Å²) in [5.74, 6) is -0.201. The average Bonchev–Trinajstić information content (AvgIpc) is 2.44. The van der Waals surface area contributed by atoms with E-state index < -0.39 is 22.0 Å². The maximum atomic E-state index is 11.4. The highest BCUT2D eigenvalue weighted by atomic mass is 35.5. The fourth-order valence-electron chi connectivity index (χ4n) is 1.96. The third kappa shape index (κ3) is 2.91. The lowest BCUT2D eigenvalue weighted by Gasteiger charge is -2.18. The fourth-order valence-corrected chi connectivity index (χ4v) is 3.92. The zero-order valence-electron chi connectivity index (χ0n) is 9.35. The van der Waals surface area contributed by atoms with Gasteiger partial charge in [0.05, 0.1) is 23.7 Å². The van der Waals surface area contributed by atoms with Gasteiger partial charge in [-0.3, -0.25) is 0 Å². The molecule has 1 aliphatic heterocycles. The molecular formula is C11H14ClNO3S. The van der Waals surface area contributed by atoms with Gasteiger partial charge in [-0.05, 0) is 30.7 Å². The summed E-state index contributed by atoms with van der Waals surface area (Å²) in [7, 11) is -3.12. The van der Waals surface area contributed by atoms with E-state index in [9.17, 15) is 13.5 Å². The van der Waals surface area contributed by atoms with Crippen LogP contribution in [0.3, 0.4) is 0 Å². The highest BCUT2D eigenvalue weighted by molar-refractivity contribution is 7.91. The van der Waals surface area contributed by atoms with E-state index in [2.05, 4.69) is 5.32 Å². The number of aryl methyl sites for hydroxylation is 1. The predicted octanol–water partition coefficient (Wildman–Crippen LogP) is 1.22. The van der Waals surface area contributed by atoms with Crippen LogP contribution in [0.1, 0.15) is 5.56 Å². The van der Waals surface area contributed by atoms with Crippen LogP contribution < -0.4 is 5.32 Å². The molecule has 1 fully saturated rings. The molecule has 1 heterocycles. The SMILES string of the molecule is Cc1cc(Cl)ccc1NC1CS(=O)(=O)CC1O. The van der Waals surface area contributed by atoms with Gasteiger partial charge in [0.15, 0.2) is 9.84 Å². The van der Waals surface area contributed by atoms with E-state index in [-0.39, 0.29) is 11.5 Å². The first-order valence-electron chi connectivity index (χ1n) is 5.28. The summed E-state index contributed by atoms with van der Waals surface area (Å²) < 4.78 is 22.7. The molecule has 1 saturated heterocycles. The van der Waals surface area contributed by atoms with E-state index in [0.29, 0.717) is 5.02 Å². The maximum Gasteiger partial charge on any atom is 0.155 e. The molecule has 94 valence electrons. The van der Waals surface area contributed by atoms with Gasteiger partial charge in [-0.1, -0.05) is 11.6 Å². The molecule has 0 radical (unpaired) electrons. The van der Waals surface area contributed by atoms with E-state index in [1.165, 1.54) is 0 Å². The average molecular weight is 276 g/mol. The molecule has 17 heavy (non-hydrogen) atoms. The first-order valence-corrected chi connectivity index (χ1v) is 7.48. The summed E-state index contributed by atoms with van der Waals surface area (Å²) in [6, 6.07) is 4.86. The standard InChI is InChI=1S/C11H14ClNO3S/c1-7-4-8(12)2-3-9(7)13-10-5-17(15,16)6-11(10)14/h2-4,10-11,13-14H,5-6H2,1H3. The Labute approximate surface area is 106 Å². The number of hydrogen-bond donors (Lipinski definition) is 2. The Balaban J connectivity index is 2.17. The van der Waals surface area contributed by atoms with E-state index >= 15 is 0 Å². The van der Waals surface area contributed by atoms with E-state index in [4.69, 9.17) is 11.6 Å². The van der Waals surface area contributed by atoms with Gasteiger partial charge in [-0.2, -0.15) is 0 Å². The van der Waals surface area contributed by atoms with Crippen molar-refractivity contribution in [3.8, 4) is 0 Å². The van der Waals surface area contributed by atoms with E-state index in [1.54, 1.807) is 18.2 Å². The lowest BCUT2D eigenvalue weighted by atomic mass is 10.1. The normalized spacial score (nSPS) is 27.0. The maximum absolute atomic E-state index is 11.4. The van der Waals surface area contributed by atoms with Crippen LogP contribution >= 0.6 is 11.6 Å². The first-order chi connectivity index (χ1) is 7.87. The van der Waals surface area contributed by atoms with Gasteiger partial charge >= 0.3 is 0 Å². The molecule has 2 atom stereocenters. The van der Waals surface area contributed by atoms with Gasteiger partial charge in [0.2, 0.25) is 0 Å². The van der Waals surface area contributed by atoms with Gasteiger partial charge in [-0.15, -0.1) is 0 Å².